The summed E-state index contributed by atoms with van der Waals surface area (Å²) in [4.78, 5) is 30.6. The molecule has 2 aromatic rings. The summed E-state index contributed by atoms with van der Waals surface area (Å²) in [7, 11) is 0. The lowest BCUT2D eigenvalue weighted by Gasteiger charge is -2.46. The molecule has 2 fully saturated rings. The molecule has 0 saturated carbocycles. The van der Waals surface area contributed by atoms with Gasteiger partial charge in [0.1, 0.15) is 0 Å². The summed E-state index contributed by atoms with van der Waals surface area (Å²) in [5.74, 6) is -0.198. The van der Waals surface area contributed by atoms with E-state index in [1.165, 1.54) is 0 Å². The van der Waals surface area contributed by atoms with Crippen molar-refractivity contribution < 1.29 is 14.7 Å². The van der Waals surface area contributed by atoms with Crippen molar-refractivity contribution in [2.45, 2.75) is 39.2 Å². The number of hydrogen-bond donors (Lipinski definition) is 3. The number of aromatic amines is 1. The summed E-state index contributed by atoms with van der Waals surface area (Å²) in [5.41, 5.74) is 3.03. The van der Waals surface area contributed by atoms with E-state index in [0.29, 0.717) is 31.5 Å². The fourth-order valence-corrected chi connectivity index (χ4v) is 4.39. The first-order valence-corrected chi connectivity index (χ1v) is 9.27. The minimum Gasteiger partial charge on any atom is -0.392 e. The SMILES string of the molecule is Cc1[nH]c2ccc(C(=O)N3CC[C@@H](O)[C@@]4(CCCNC4=O)C3)cc2c1C. The molecular formula is C20H25N3O3. The third-order valence-corrected chi connectivity index (χ3v) is 6.16. The number of benzene rings is 1. The number of aryl methyl sites for hydroxylation is 2. The van der Waals surface area contributed by atoms with E-state index in [2.05, 4.69) is 10.3 Å². The molecule has 6 heteroatoms. The number of aromatic nitrogens is 1. The molecule has 4 rings (SSSR count). The third kappa shape index (κ3) is 2.51. The molecule has 6 nitrogen and oxygen atoms in total. The standard InChI is InChI=1S/C20H25N3O3/c1-12-13(2)22-16-5-4-14(10-15(12)16)18(25)23-9-6-17(24)20(11-23)7-3-8-21-19(20)26/h4-5,10,17,22,24H,3,6-9,11H2,1-2H3,(H,21,26)/t17-,20-/m1/s1. The molecule has 2 aliphatic heterocycles. The summed E-state index contributed by atoms with van der Waals surface area (Å²) in [5, 5.41) is 14.4. The van der Waals surface area contributed by atoms with Crippen LogP contribution in [0.1, 0.15) is 40.9 Å². The first kappa shape index (κ1) is 17.1. The van der Waals surface area contributed by atoms with Crippen LogP contribution in [0.25, 0.3) is 10.9 Å². The van der Waals surface area contributed by atoms with Crippen LogP contribution in [0.3, 0.4) is 0 Å². The molecule has 1 spiro atoms. The van der Waals surface area contributed by atoms with Gasteiger partial charge in [-0.25, -0.2) is 0 Å². The number of aliphatic hydroxyl groups excluding tert-OH is 1. The lowest BCUT2D eigenvalue weighted by molar-refractivity contribution is -0.147. The summed E-state index contributed by atoms with van der Waals surface area (Å²) >= 11 is 0. The number of carbonyl (C=O) groups is 2. The Kier molecular flexibility index (Phi) is 4.03. The van der Waals surface area contributed by atoms with Crippen molar-refractivity contribution in [3.8, 4) is 0 Å². The lowest BCUT2D eigenvalue weighted by atomic mass is 9.71. The van der Waals surface area contributed by atoms with Crippen molar-refractivity contribution in [3.05, 3.63) is 35.0 Å². The largest absolute Gasteiger partial charge is 0.392 e. The molecule has 3 heterocycles. The number of fused-ring (bicyclic) bond motifs is 1. The number of aliphatic hydroxyl groups is 1. The average Bonchev–Trinajstić information content (AvgIpc) is 2.93. The maximum Gasteiger partial charge on any atom is 0.253 e. The molecule has 1 aromatic carbocycles. The van der Waals surface area contributed by atoms with Crippen molar-refractivity contribution in [1.29, 1.82) is 0 Å². The molecule has 0 aliphatic carbocycles. The minimum absolute atomic E-state index is 0.0743. The van der Waals surface area contributed by atoms with Gasteiger partial charge in [0.25, 0.3) is 5.91 Å². The van der Waals surface area contributed by atoms with Gasteiger partial charge in [-0.2, -0.15) is 0 Å². The van der Waals surface area contributed by atoms with Crippen molar-refractivity contribution in [2.75, 3.05) is 19.6 Å². The van der Waals surface area contributed by atoms with E-state index < -0.39 is 11.5 Å². The Labute approximate surface area is 152 Å². The summed E-state index contributed by atoms with van der Waals surface area (Å²) in [6, 6.07) is 5.69. The van der Waals surface area contributed by atoms with Crippen molar-refractivity contribution >= 4 is 22.7 Å². The molecule has 2 saturated heterocycles. The highest BCUT2D eigenvalue weighted by Crippen LogP contribution is 2.37. The van der Waals surface area contributed by atoms with Gasteiger partial charge in [0.15, 0.2) is 0 Å². The van der Waals surface area contributed by atoms with E-state index >= 15 is 0 Å². The van der Waals surface area contributed by atoms with Gasteiger partial charge in [-0.3, -0.25) is 9.59 Å². The molecule has 138 valence electrons. The van der Waals surface area contributed by atoms with E-state index in [1.807, 2.05) is 32.0 Å². The van der Waals surface area contributed by atoms with Crippen LogP contribution >= 0.6 is 0 Å². The van der Waals surface area contributed by atoms with Gasteiger partial charge in [0, 0.05) is 41.8 Å². The Balaban J connectivity index is 1.64. The van der Waals surface area contributed by atoms with Crippen LogP contribution in [-0.4, -0.2) is 52.5 Å². The maximum absolute atomic E-state index is 13.1. The van der Waals surface area contributed by atoms with E-state index in [4.69, 9.17) is 0 Å². The normalized spacial score (nSPS) is 26.3. The molecular weight excluding hydrogens is 330 g/mol. The van der Waals surface area contributed by atoms with Crippen LogP contribution in [0, 0.1) is 19.3 Å². The van der Waals surface area contributed by atoms with Crippen LogP contribution < -0.4 is 5.32 Å². The number of nitrogens with one attached hydrogen (secondary N) is 2. The summed E-state index contributed by atoms with van der Waals surface area (Å²) < 4.78 is 0. The molecule has 0 unspecified atom stereocenters. The van der Waals surface area contributed by atoms with Crippen LogP contribution in [0.4, 0.5) is 0 Å². The van der Waals surface area contributed by atoms with Gasteiger partial charge in [-0.05, 0) is 56.9 Å². The van der Waals surface area contributed by atoms with Gasteiger partial charge >= 0.3 is 0 Å². The fourth-order valence-electron chi connectivity index (χ4n) is 4.39. The fraction of sp³-hybridized carbons (Fsp3) is 0.500. The number of hydrogen-bond acceptors (Lipinski definition) is 3. The Morgan fingerprint density at radius 2 is 2.15 bits per heavy atom. The Bertz CT molecular complexity index is 888. The molecule has 3 N–H and O–H groups in total. The predicted molar refractivity (Wildman–Crippen MR) is 99.0 cm³/mol. The lowest BCUT2D eigenvalue weighted by Crippen LogP contribution is -2.62. The van der Waals surface area contributed by atoms with E-state index in [-0.39, 0.29) is 18.4 Å². The molecule has 2 aliphatic rings. The first-order chi connectivity index (χ1) is 12.4. The Morgan fingerprint density at radius 1 is 1.35 bits per heavy atom. The smallest absolute Gasteiger partial charge is 0.253 e. The second-order valence-corrected chi connectivity index (χ2v) is 7.68. The highest BCUT2D eigenvalue weighted by atomic mass is 16.3. The second kappa shape index (κ2) is 6.13. The number of rotatable bonds is 1. The first-order valence-electron chi connectivity index (χ1n) is 9.27. The van der Waals surface area contributed by atoms with E-state index in [9.17, 15) is 14.7 Å². The zero-order valence-corrected chi connectivity index (χ0v) is 15.3. The minimum atomic E-state index is -0.864. The highest BCUT2D eigenvalue weighted by molar-refractivity contribution is 5.99. The van der Waals surface area contributed by atoms with Crippen LogP contribution in [0.15, 0.2) is 18.2 Å². The predicted octanol–water partition coefficient (Wildman–Crippen LogP) is 1.89. The number of amides is 2. The third-order valence-electron chi connectivity index (χ3n) is 6.16. The summed E-state index contributed by atoms with van der Waals surface area (Å²) in [6.07, 6.45) is 1.20. The van der Waals surface area contributed by atoms with E-state index in [1.54, 1.807) is 4.90 Å². The number of H-pyrrole nitrogens is 1. The van der Waals surface area contributed by atoms with Crippen LogP contribution in [0.5, 0.6) is 0 Å². The van der Waals surface area contributed by atoms with Crippen molar-refractivity contribution in [1.82, 2.24) is 15.2 Å². The highest BCUT2D eigenvalue weighted by Gasteiger charge is 2.50. The van der Waals surface area contributed by atoms with Gasteiger partial charge in [-0.1, -0.05) is 0 Å². The quantitative estimate of drug-likeness (QED) is 0.730. The molecule has 26 heavy (non-hydrogen) atoms. The van der Waals surface area contributed by atoms with Gasteiger partial charge in [0.05, 0.1) is 11.5 Å². The zero-order chi connectivity index (χ0) is 18.5. The summed E-state index contributed by atoms with van der Waals surface area (Å²) in [6.45, 7) is 5.46. The second-order valence-electron chi connectivity index (χ2n) is 7.68. The number of likely N-dealkylation sites (tertiary alicyclic amines) is 1. The van der Waals surface area contributed by atoms with Crippen LogP contribution in [-0.2, 0) is 4.79 Å². The van der Waals surface area contributed by atoms with Gasteiger partial charge in [0.2, 0.25) is 5.91 Å². The monoisotopic (exact) mass is 355 g/mol. The molecule has 0 radical (unpaired) electrons. The average molecular weight is 355 g/mol. The van der Waals surface area contributed by atoms with Crippen molar-refractivity contribution in [3.63, 3.8) is 0 Å². The Morgan fingerprint density at radius 3 is 2.92 bits per heavy atom. The Hall–Kier alpha value is -2.34. The number of carbonyl (C=O) groups excluding carboxylic acids is 2. The molecule has 2 amide bonds. The molecule has 0 bridgehead atoms. The molecule has 2 atom stereocenters. The number of piperidine rings is 2. The topological polar surface area (TPSA) is 85.4 Å². The van der Waals surface area contributed by atoms with Gasteiger partial charge < -0.3 is 20.3 Å². The zero-order valence-electron chi connectivity index (χ0n) is 15.3. The van der Waals surface area contributed by atoms with E-state index in [0.717, 1.165) is 28.6 Å². The number of nitrogens with zero attached hydrogens (tertiary/aromatic N) is 1. The van der Waals surface area contributed by atoms with Gasteiger partial charge in [-0.15, -0.1) is 0 Å². The van der Waals surface area contributed by atoms with Crippen LogP contribution in [0.2, 0.25) is 0 Å². The maximum atomic E-state index is 13.1. The van der Waals surface area contributed by atoms with Crippen molar-refractivity contribution in [2.24, 2.45) is 5.41 Å². The molecule has 1 aromatic heterocycles.